The van der Waals surface area contributed by atoms with Gasteiger partial charge in [0.15, 0.2) is 0 Å². The standard InChI is InChI=1S/C13H8Cl2O4S/c14-9-6-7(19-12(15)13(17)18)3-4-8(9)11(16)10-2-1-5-20-10/h1-6,12H,(H,17,18). The Hall–Kier alpha value is -1.56. The van der Waals surface area contributed by atoms with E-state index in [1.807, 2.05) is 0 Å². The van der Waals surface area contributed by atoms with Gasteiger partial charge in [0, 0.05) is 5.56 Å². The van der Waals surface area contributed by atoms with Gasteiger partial charge in [-0.1, -0.05) is 29.3 Å². The summed E-state index contributed by atoms with van der Waals surface area (Å²) in [4.78, 5) is 23.3. The highest BCUT2D eigenvalue weighted by atomic mass is 35.5. The number of alkyl halides is 1. The Morgan fingerprint density at radius 3 is 2.60 bits per heavy atom. The van der Waals surface area contributed by atoms with Crippen molar-refractivity contribution in [3.8, 4) is 5.75 Å². The molecule has 0 saturated heterocycles. The molecule has 7 heteroatoms. The van der Waals surface area contributed by atoms with E-state index >= 15 is 0 Å². The molecule has 0 fully saturated rings. The average molecular weight is 331 g/mol. The largest absolute Gasteiger partial charge is 0.478 e. The van der Waals surface area contributed by atoms with Gasteiger partial charge in [-0.3, -0.25) is 4.79 Å². The van der Waals surface area contributed by atoms with E-state index < -0.39 is 11.5 Å². The number of hydrogen-bond donors (Lipinski definition) is 1. The zero-order valence-corrected chi connectivity index (χ0v) is 12.2. The molecule has 20 heavy (non-hydrogen) atoms. The van der Waals surface area contributed by atoms with E-state index in [2.05, 4.69) is 0 Å². The molecular formula is C13H8Cl2O4S. The predicted octanol–water partition coefficient (Wildman–Crippen LogP) is 3.66. The Kier molecular flexibility index (Phi) is 4.65. The molecule has 1 N–H and O–H groups in total. The highest BCUT2D eigenvalue weighted by Gasteiger charge is 2.18. The Balaban J connectivity index is 2.22. The minimum Gasteiger partial charge on any atom is -0.478 e. The van der Waals surface area contributed by atoms with Crippen LogP contribution in [-0.2, 0) is 4.79 Å². The summed E-state index contributed by atoms with van der Waals surface area (Å²) >= 11 is 12.8. The van der Waals surface area contributed by atoms with Crippen molar-refractivity contribution in [1.82, 2.24) is 0 Å². The van der Waals surface area contributed by atoms with Gasteiger partial charge < -0.3 is 9.84 Å². The molecule has 1 aromatic carbocycles. The molecule has 0 radical (unpaired) electrons. The smallest absolute Gasteiger partial charge is 0.360 e. The third kappa shape index (κ3) is 3.30. The topological polar surface area (TPSA) is 63.6 Å². The first-order valence-corrected chi connectivity index (χ1v) is 7.09. The highest BCUT2D eigenvalue weighted by Crippen LogP contribution is 2.27. The lowest BCUT2D eigenvalue weighted by Crippen LogP contribution is -2.20. The normalized spacial score (nSPS) is 11.9. The summed E-state index contributed by atoms with van der Waals surface area (Å²) < 4.78 is 4.95. The summed E-state index contributed by atoms with van der Waals surface area (Å²) in [5, 5.41) is 10.6. The second-order valence-corrected chi connectivity index (χ2v) is 5.47. The van der Waals surface area contributed by atoms with Crippen LogP contribution in [0.25, 0.3) is 0 Å². The fourth-order valence-corrected chi connectivity index (χ4v) is 2.50. The number of rotatable bonds is 5. The molecular weight excluding hydrogens is 323 g/mol. The van der Waals surface area contributed by atoms with E-state index in [9.17, 15) is 9.59 Å². The number of carbonyl (C=O) groups is 2. The minimum absolute atomic E-state index is 0.176. The molecule has 1 unspecified atom stereocenters. The van der Waals surface area contributed by atoms with Crippen molar-refractivity contribution < 1.29 is 19.4 Å². The van der Waals surface area contributed by atoms with E-state index in [4.69, 9.17) is 33.0 Å². The van der Waals surface area contributed by atoms with Crippen LogP contribution in [0.5, 0.6) is 5.75 Å². The summed E-state index contributed by atoms with van der Waals surface area (Å²) in [6.45, 7) is 0. The number of aliphatic carboxylic acids is 1. The van der Waals surface area contributed by atoms with Crippen LogP contribution in [0.15, 0.2) is 35.7 Å². The van der Waals surface area contributed by atoms with E-state index in [0.717, 1.165) is 0 Å². The van der Waals surface area contributed by atoms with Gasteiger partial charge in [0.25, 0.3) is 5.56 Å². The van der Waals surface area contributed by atoms with E-state index in [1.165, 1.54) is 29.5 Å². The van der Waals surface area contributed by atoms with Crippen LogP contribution >= 0.6 is 34.5 Å². The molecule has 1 atom stereocenters. The van der Waals surface area contributed by atoms with Crippen LogP contribution in [0.1, 0.15) is 15.2 Å². The molecule has 1 heterocycles. The zero-order chi connectivity index (χ0) is 14.7. The summed E-state index contributed by atoms with van der Waals surface area (Å²) in [5.74, 6) is -1.32. The first-order chi connectivity index (χ1) is 9.49. The molecule has 2 aromatic rings. The first-order valence-electron chi connectivity index (χ1n) is 5.40. The van der Waals surface area contributed by atoms with Crippen LogP contribution < -0.4 is 4.74 Å². The number of carboxylic acid groups (broad SMARTS) is 1. The predicted molar refractivity (Wildman–Crippen MR) is 77.1 cm³/mol. The van der Waals surface area contributed by atoms with Crippen LogP contribution in [0, 0.1) is 0 Å². The fraction of sp³-hybridized carbons (Fsp3) is 0.0769. The molecule has 0 spiro atoms. The molecule has 0 aliphatic carbocycles. The van der Waals surface area contributed by atoms with Crippen molar-refractivity contribution in [2.24, 2.45) is 0 Å². The number of hydrogen-bond acceptors (Lipinski definition) is 4. The number of ketones is 1. The number of carbonyl (C=O) groups excluding carboxylic acids is 1. The van der Waals surface area contributed by atoms with Crippen molar-refractivity contribution in [3.63, 3.8) is 0 Å². The Bertz CT molecular complexity index is 640. The molecule has 1 aromatic heterocycles. The van der Waals surface area contributed by atoms with Crippen LogP contribution in [-0.4, -0.2) is 22.4 Å². The van der Waals surface area contributed by atoms with E-state index in [1.54, 1.807) is 17.5 Å². The number of ether oxygens (including phenoxy) is 1. The van der Waals surface area contributed by atoms with Crippen molar-refractivity contribution in [1.29, 1.82) is 0 Å². The first kappa shape index (κ1) is 14.8. The SMILES string of the molecule is O=C(c1cccs1)c1ccc(OC(Cl)C(=O)O)cc1Cl. The Morgan fingerprint density at radius 1 is 1.30 bits per heavy atom. The maximum Gasteiger partial charge on any atom is 0.360 e. The van der Waals surface area contributed by atoms with E-state index in [-0.39, 0.29) is 16.6 Å². The van der Waals surface area contributed by atoms with Crippen molar-refractivity contribution >= 4 is 46.3 Å². The number of halogens is 2. The lowest BCUT2D eigenvalue weighted by Gasteiger charge is -2.10. The number of benzene rings is 1. The van der Waals surface area contributed by atoms with Crippen molar-refractivity contribution in [2.45, 2.75) is 5.56 Å². The minimum atomic E-state index is -1.51. The van der Waals surface area contributed by atoms with Gasteiger partial charge in [0.05, 0.1) is 9.90 Å². The number of thiophene rings is 1. The van der Waals surface area contributed by atoms with Crippen LogP contribution in [0.3, 0.4) is 0 Å². The van der Waals surface area contributed by atoms with Gasteiger partial charge in [-0.15, -0.1) is 11.3 Å². The van der Waals surface area contributed by atoms with Gasteiger partial charge in [0.1, 0.15) is 5.75 Å². The van der Waals surface area contributed by atoms with Gasteiger partial charge in [-0.2, -0.15) is 0 Å². The summed E-state index contributed by atoms with van der Waals surface area (Å²) in [5.41, 5.74) is -1.19. The highest BCUT2D eigenvalue weighted by molar-refractivity contribution is 7.12. The zero-order valence-electron chi connectivity index (χ0n) is 9.88. The molecule has 104 valence electrons. The maximum absolute atomic E-state index is 12.1. The van der Waals surface area contributed by atoms with Gasteiger partial charge >= 0.3 is 5.97 Å². The lowest BCUT2D eigenvalue weighted by atomic mass is 10.1. The lowest BCUT2D eigenvalue weighted by molar-refractivity contribution is -0.141. The summed E-state index contributed by atoms with van der Waals surface area (Å²) in [6, 6.07) is 7.76. The average Bonchev–Trinajstić information content (AvgIpc) is 2.91. The second kappa shape index (κ2) is 6.26. The molecule has 0 aliphatic rings. The van der Waals surface area contributed by atoms with Gasteiger partial charge in [-0.05, 0) is 29.6 Å². The maximum atomic E-state index is 12.1. The third-order valence-corrected chi connectivity index (χ3v) is 3.82. The summed E-state index contributed by atoms with van der Waals surface area (Å²) in [7, 11) is 0. The molecule has 2 rings (SSSR count). The van der Waals surface area contributed by atoms with Crippen LogP contribution in [0.4, 0.5) is 0 Å². The van der Waals surface area contributed by atoms with E-state index in [0.29, 0.717) is 10.4 Å². The van der Waals surface area contributed by atoms with Gasteiger partial charge in [0.2, 0.25) is 5.78 Å². The van der Waals surface area contributed by atoms with Crippen molar-refractivity contribution in [2.75, 3.05) is 0 Å². The molecule has 0 saturated carbocycles. The molecule has 0 aliphatic heterocycles. The number of carboxylic acids is 1. The second-order valence-electron chi connectivity index (χ2n) is 3.72. The summed E-state index contributed by atoms with van der Waals surface area (Å²) in [6.07, 6.45) is 0. The Morgan fingerprint density at radius 2 is 2.05 bits per heavy atom. The molecule has 4 nitrogen and oxygen atoms in total. The molecule has 0 bridgehead atoms. The fourth-order valence-electron chi connectivity index (χ4n) is 1.46. The Labute approximate surface area is 128 Å². The molecule has 0 amide bonds. The quantitative estimate of drug-likeness (QED) is 0.671. The van der Waals surface area contributed by atoms with Crippen LogP contribution in [0.2, 0.25) is 5.02 Å². The van der Waals surface area contributed by atoms with Crippen molar-refractivity contribution in [3.05, 3.63) is 51.2 Å². The van der Waals surface area contributed by atoms with Gasteiger partial charge in [-0.25, -0.2) is 4.79 Å². The third-order valence-electron chi connectivity index (χ3n) is 2.36. The monoisotopic (exact) mass is 330 g/mol.